The molecule has 1 saturated carbocycles. The molecule has 0 saturated heterocycles. The second kappa shape index (κ2) is 11.2. The highest BCUT2D eigenvalue weighted by Gasteiger charge is 2.41. The quantitative estimate of drug-likeness (QED) is 0.415. The lowest BCUT2D eigenvalue weighted by atomic mass is 9.89. The number of nitrogens with zero attached hydrogens (tertiary/aromatic N) is 3. The van der Waals surface area contributed by atoms with Crippen molar-refractivity contribution in [1.82, 2.24) is 20.2 Å². The number of rotatable bonds is 7. The molecule has 1 aliphatic heterocycles. The molecule has 2 atom stereocenters. The lowest BCUT2D eigenvalue weighted by molar-refractivity contribution is -0.134. The molecular formula is C28H31ClN4O2S. The maximum absolute atomic E-state index is 14.2. The lowest BCUT2D eigenvalue weighted by Gasteiger charge is -2.38. The van der Waals surface area contributed by atoms with Crippen molar-refractivity contribution >= 4 is 29.3 Å². The van der Waals surface area contributed by atoms with Crippen LogP contribution in [0, 0.1) is 0 Å². The van der Waals surface area contributed by atoms with E-state index < -0.39 is 0 Å². The van der Waals surface area contributed by atoms with Crippen LogP contribution >= 0.6 is 23.4 Å². The number of amides is 1. The molecule has 36 heavy (non-hydrogen) atoms. The smallest absolute Gasteiger partial charge is 0.238 e. The number of hydrogen-bond acceptors (Lipinski definition) is 6. The third-order valence-corrected chi connectivity index (χ3v) is 9.31. The Bertz CT molecular complexity index is 1200. The molecule has 3 aromatic rings. The van der Waals surface area contributed by atoms with Gasteiger partial charge in [0.25, 0.3) is 0 Å². The number of ether oxygens (including phenoxy) is 1. The van der Waals surface area contributed by atoms with Crippen molar-refractivity contribution in [2.45, 2.75) is 59.8 Å². The molecule has 8 heteroatoms. The zero-order valence-electron chi connectivity index (χ0n) is 20.6. The molecule has 2 aliphatic rings. The molecule has 1 N–H and O–H groups in total. The first-order chi connectivity index (χ1) is 17.6. The number of alkyl halides is 1. The molecule has 1 aliphatic carbocycles. The fraction of sp³-hybridized carbons (Fsp3) is 0.393. The minimum absolute atomic E-state index is 0.0969. The van der Waals surface area contributed by atoms with Gasteiger partial charge >= 0.3 is 0 Å². The minimum Gasteiger partial charge on any atom is -0.496 e. The Balaban J connectivity index is 1.46. The van der Waals surface area contributed by atoms with Crippen molar-refractivity contribution in [1.29, 1.82) is 0 Å². The molecule has 1 fully saturated rings. The molecule has 1 aromatic heterocycles. The number of aromatic nitrogens is 2. The summed E-state index contributed by atoms with van der Waals surface area (Å²) in [5.41, 5.74) is 3.94. The molecule has 0 spiro atoms. The molecule has 2 heterocycles. The van der Waals surface area contributed by atoms with E-state index in [-0.39, 0.29) is 22.6 Å². The second-order valence-electron chi connectivity index (χ2n) is 9.39. The fourth-order valence-electron chi connectivity index (χ4n) is 5.29. The normalized spacial score (nSPS) is 23.2. The molecule has 6 nitrogen and oxygen atoms in total. The predicted molar refractivity (Wildman–Crippen MR) is 144 cm³/mol. The summed E-state index contributed by atoms with van der Waals surface area (Å²) < 4.78 is 5.73. The number of hydrogen-bond donors (Lipinski definition) is 1. The Labute approximate surface area is 221 Å². The monoisotopic (exact) mass is 522 g/mol. The van der Waals surface area contributed by atoms with Gasteiger partial charge in [0.1, 0.15) is 17.3 Å². The van der Waals surface area contributed by atoms with Gasteiger partial charge in [-0.25, -0.2) is 9.97 Å². The van der Waals surface area contributed by atoms with Gasteiger partial charge in [-0.3, -0.25) is 4.79 Å². The Morgan fingerprint density at radius 1 is 1.11 bits per heavy atom. The van der Waals surface area contributed by atoms with E-state index in [4.69, 9.17) is 16.3 Å². The highest BCUT2D eigenvalue weighted by Crippen LogP contribution is 2.48. The van der Waals surface area contributed by atoms with E-state index in [1.54, 1.807) is 31.3 Å². The summed E-state index contributed by atoms with van der Waals surface area (Å²) in [6, 6.07) is 14.8. The van der Waals surface area contributed by atoms with Crippen LogP contribution in [0.2, 0.25) is 0 Å². The average Bonchev–Trinajstić information content (AvgIpc) is 3.28. The van der Waals surface area contributed by atoms with E-state index in [2.05, 4.69) is 32.3 Å². The molecule has 2 unspecified atom stereocenters. The molecule has 5 rings (SSSR count). The summed E-state index contributed by atoms with van der Waals surface area (Å²) in [5, 5.41) is 2.71. The summed E-state index contributed by atoms with van der Waals surface area (Å²) in [5.74, 6) is 0.863. The zero-order chi connectivity index (χ0) is 25.1. The zero-order valence-corrected chi connectivity index (χ0v) is 22.1. The van der Waals surface area contributed by atoms with Gasteiger partial charge in [-0.05, 0) is 62.1 Å². The molecule has 188 valence electrons. The maximum Gasteiger partial charge on any atom is 0.238 e. The first kappa shape index (κ1) is 25.1. The first-order valence-electron chi connectivity index (χ1n) is 12.4. The van der Waals surface area contributed by atoms with Gasteiger partial charge in [-0.15, -0.1) is 23.4 Å². The summed E-state index contributed by atoms with van der Waals surface area (Å²) in [6.45, 7) is 0.468. The van der Waals surface area contributed by atoms with E-state index >= 15 is 0 Å². The van der Waals surface area contributed by atoms with E-state index in [0.717, 1.165) is 58.6 Å². The largest absolute Gasteiger partial charge is 0.496 e. The van der Waals surface area contributed by atoms with Crippen molar-refractivity contribution in [3.8, 4) is 16.9 Å². The van der Waals surface area contributed by atoms with Crippen molar-refractivity contribution in [2.24, 2.45) is 0 Å². The minimum atomic E-state index is -0.345. The van der Waals surface area contributed by atoms with Crippen molar-refractivity contribution < 1.29 is 9.53 Å². The topological polar surface area (TPSA) is 67.3 Å². The number of carbonyl (C=O) groups is 1. The van der Waals surface area contributed by atoms with Gasteiger partial charge in [0.05, 0.1) is 12.5 Å². The average molecular weight is 523 g/mol. The number of benzene rings is 2. The van der Waals surface area contributed by atoms with E-state index in [9.17, 15) is 4.79 Å². The van der Waals surface area contributed by atoms with Crippen LogP contribution in [0.4, 0.5) is 0 Å². The predicted octanol–water partition coefficient (Wildman–Crippen LogP) is 5.47. The van der Waals surface area contributed by atoms with Gasteiger partial charge in [0.2, 0.25) is 5.91 Å². The van der Waals surface area contributed by atoms with Crippen LogP contribution in [0.1, 0.15) is 42.2 Å². The van der Waals surface area contributed by atoms with Crippen molar-refractivity contribution in [3.05, 3.63) is 72.3 Å². The Kier molecular flexibility index (Phi) is 7.79. The number of methoxy groups -OCH3 is 1. The summed E-state index contributed by atoms with van der Waals surface area (Å²) >= 11 is 8.47. The van der Waals surface area contributed by atoms with Crippen LogP contribution in [0.15, 0.2) is 66.1 Å². The van der Waals surface area contributed by atoms with Crippen LogP contribution in [-0.4, -0.2) is 52.3 Å². The third kappa shape index (κ3) is 5.10. The number of carbonyl (C=O) groups excluding carboxylic acids is 1. The Morgan fingerprint density at radius 3 is 2.56 bits per heavy atom. The van der Waals surface area contributed by atoms with Gasteiger partial charge in [0, 0.05) is 47.0 Å². The fourth-order valence-corrected chi connectivity index (χ4v) is 7.07. The van der Waals surface area contributed by atoms with Crippen LogP contribution in [0.5, 0.6) is 5.75 Å². The first-order valence-corrected chi connectivity index (χ1v) is 13.7. The number of fused-ring (bicyclic) bond motifs is 1. The van der Waals surface area contributed by atoms with Gasteiger partial charge in [-0.1, -0.05) is 24.3 Å². The van der Waals surface area contributed by atoms with E-state index in [0.29, 0.717) is 12.6 Å². The van der Waals surface area contributed by atoms with Gasteiger partial charge < -0.3 is 15.0 Å². The highest BCUT2D eigenvalue weighted by atomic mass is 35.5. The molecule has 1 amide bonds. The summed E-state index contributed by atoms with van der Waals surface area (Å²) in [7, 11) is 3.69. The SMILES string of the molecule is CNC1CCC(N(Cc2cc(-c3cncnc3)ccc2OC)C(=O)C2Sc3ccccc3C2Cl)CC1. The van der Waals surface area contributed by atoms with Gasteiger partial charge in [-0.2, -0.15) is 0 Å². The summed E-state index contributed by atoms with van der Waals surface area (Å²) in [6.07, 6.45) is 9.13. The Hall–Kier alpha value is -2.61. The van der Waals surface area contributed by atoms with E-state index in [1.807, 2.05) is 37.4 Å². The van der Waals surface area contributed by atoms with Crippen molar-refractivity contribution in [3.63, 3.8) is 0 Å². The number of halogens is 1. The summed E-state index contributed by atoms with van der Waals surface area (Å²) in [4.78, 5) is 25.7. The van der Waals surface area contributed by atoms with Crippen molar-refractivity contribution in [2.75, 3.05) is 14.2 Å². The number of thioether (sulfide) groups is 1. The highest BCUT2D eigenvalue weighted by molar-refractivity contribution is 8.01. The molecule has 2 aromatic carbocycles. The van der Waals surface area contributed by atoms with Crippen LogP contribution in [-0.2, 0) is 11.3 Å². The molecule has 0 radical (unpaired) electrons. The Morgan fingerprint density at radius 2 is 1.86 bits per heavy atom. The van der Waals surface area contributed by atoms with Gasteiger partial charge in [0.15, 0.2) is 0 Å². The van der Waals surface area contributed by atoms with Crippen LogP contribution < -0.4 is 10.1 Å². The maximum atomic E-state index is 14.2. The number of nitrogens with one attached hydrogen (secondary N) is 1. The lowest BCUT2D eigenvalue weighted by Crippen LogP contribution is -2.47. The van der Waals surface area contributed by atoms with Crippen LogP contribution in [0.3, 0.4) is 0 Å². The standard InChI is InChI=1S/C28H31ClN4O2S/c1-30-21-8-10-22(11-9-21)33(28(34)27-26(29)23-5-3-4-6-25(23)36-27)16-19-13-18(7-12-24(19)35-2)20-14-31-17-32-15-20/h3-7,12-15,17,21-22,26-27,30H,8-11,16H2,1-2H3. The third-order valence-electron chi connectivity index (χ3n) is 7.32. The molecule has 0 bridgehead atoms. The van der Waals surface area contributed by atoms with E-state index in [1.165, 1.54) is 6.33 Å². The second-order valence-corrected chi connectivity index (χ2v) is 11.0. The molecular weight excluding hydrogens is 492 g/mol. The van der Waals surface area contributed by atoms with Crippen LogP contribution in [0.25, 0.3) is 11.1 Å².